The van der Waals surface area contributed by atoms with Crippen LogP contribution in [0.4, 0.5) is 0 Å². The van der Waals surface area contributed by atoms with E-state index in [1.807, 2.05) is 13.0 Å². The fourth-order valence-electron chi connectivity index (χ4n) is 3.04. The first-order chi connectivity index (χ1) is 11.5. The van der Waals surface area contributed by atoms with Crippen molar-refractivity contribution in [2.45, 2.75) is 53.4 Å². The molecular formula is C22H35NO. The number of rotatable bonds is 11. The molecule has 0 fully saturated rings. The van der Waals surface area contributed by atoms with Crippen molar-refractivity contribution in [3.05, 3.63) is 53.1 Å². The molecule has 1 rings (SSSR count). The standard InChI is InChI=1S/C22H35NO/c1-7-13-23(14-8-2)15-9-10-20-17-21(12-11-19(20)5)22(24-6)16-18(3)4/h11-12,16-17H,3,7-10,13-15H2,1-2,4-6H3/b22-16-. The Bertz CT molecular complexity index is 539. The van der Waals surface area contributed by atoms with E-state index in [1.54, 1.807) is 7.11 Å². The van der Waals surface area contributed by atoms with Gasteiger partial charge in [0.25, 0.3) is 0 Å². The van der Waals surface area contributed by atoms with Crippen molar-refractivity contribution in [3.8, 4) is 0 Å². The van der Waals surface area contributed by atoms with E-state index in [2.05, 4.69) is 50.4 Å². The van der Waals surface area contributed by atoms with Gasteiger partial charge >= 0.3 is 0 Å². The molecule has 0 saturated heterocycles. The van der Waals surface area contributed by atoms with Crippen LogP contribution in [-0.4, -0.2) is 31.6 Å². The Labute approximate surface area is 149 Å². The minimum absolute atomic E-state index is 0.891. The lowest BCUT2D eigenvalue weighted by Gasteiger charge is -2.21. The minimum atomic E-state index is 0.891. The third-order valence-electron chi connectivity index (χ3n) is 4.23. The Morgan fingerprint density at radius 1 is 1.17 bits per heavy atom. The SMILES string of the molecule is C=C(C)/C=C(\OC)c1ccc(C)c(CCCN(CCC)CCC)c1. The van der Waals surface area contributed by atoms with Gasteiger partial charge in [0.1, 0.15) is 5.76 Å². The maximum absolute atomic E-state index is 5.54. The van der Waals surface area contributed by atoms with E-state index in [0.717, 1.165) is 23.3 Å². The first-order valence-electron chi connectivity index (χ1n) is 9.25. The molecule has 1 aromatic carbocycles. The number of methoxy groups -OCH3 is 1. The van der Waals surface area contributed by atoms with Crippen molar-refractivity contribution in [1.82, 2.24) is 4.90 Å². The maximum atomic E-state index is 5.54. The summed E-state index contributed by atoms with van der Waals surface area (Å²) >= 11 is 0. The van der Waals surface area contributed by atoms with Crippen molar-refractivity contribution < 1.29 is 4.74 Å². The summed E-state index contributed by atoms with van der Waals surface area (Å²) in [5, 5.41) is 0. The van der Waals surface area contributed by atoms with E-state index in [4.69, 9.17) is 4.74 Å². The molecule has 0 amide bonds. The van der Waals surface area contributed by atoms with Crippen LogP contribution in [0.2, 0.25) is 0 Å². The van der Waals surface area contributed by atoms with Gasteiger partial charge in [0.2, 0.25) is 0 Å². The van der Waals surface area contributed by atoms with Crippen molar-refractivity contribution in [3.63, 3.8) is 0 Å². The summed E-state index contributed by atoms with van der Waals surface area (Å²) in [5.41, 5.74) is 4.93. The molecule has 0 aliphatic carbocycles. The molecule has 0 atom stereocenters. The molecular weight excluding hydrogens is 294 g/mol. The van der Waals surface area contributed by atoms with Gasteiger partial charge in [-0.1, -0.05) is 38.1 Å². The van der Waals surface area contributed by atoms with E-state index < -0.39 is 0 Å². The van der Waals surface area contributed by atoms with Crippen LogP contribution in [0.25, 0.3) is 5.76 Å². The number of allylic oxidation sites excluding steroid dienone is 2. The molecule has 2 nitrogen and oxygen atoms in total. The quantitative estimate of drug-likeness (QED) is 0.386. The van der Waals surface area contributed by atoms with Crippen LogP contribution in [-0.2, 0) is 11.2 Å². The molecule has 0 N–H and O–H groups in total. The van der Waals surface area contributed by atoms with Gasteiger partial charge in [-0.15, -0.1) is 0 Å². The van der Waals surface area contributed by atoms with Crippen LogP contribution in [0.3, 0.4) is 0 Å². The number of hydrogen-bond acceptors (Lipinski definition) is 2. The second kappa shape index (κ2) is 11.1. The van der Waals surface area contributed by atoms with Gasteiger partial charge < -0.3 is 9.64 Å². The second-order valence-electron chi connectivity index (χ2n) is 6.65. The smallest absolute Gasteiger partial charge is 0.126 e. The molecule has 0 aliphatic rings. The van der Waals surface area contributed by atoms with Crippen LogP contribution < -0.4 is 0 Å². The average molecular weight is 330 g/mol. The summed E-state index contributed by atoms with van der Waals surface area (Å²) in [4.78, 5) is 2.58. The number of aryl methyl sites for hydroxylation is 2. The van der Waals surface area contributed by atoms with E-state index in [9.17, 15) is 0 Å². The predicted molar refractivity (Wildman–Crippen MR) is 106 cm³/mol. The number of ether oxygens (including phenoxy) is 1. The predicted octanol–water partition coefficient (Wildman–Crippen LogP) is 5.61. The molecule has 0 bridgehead atoms. The summed E-state index contributed by atoms with van der Waals surface area (Å²) in [6.45, 7) is 16.3. The molecule has 2 heteroatoms. The van der Waals surface area contributed by atoms with Crippen molar-refractivity contribution >= 4 is 5.76 Å². The van der Waals surface area contributed by atoms with Gasteiger partial charge in [0.05, 0.1) is 7.11 Å². The lowest BCUT2D eigenvalue weighted by Crippen LogP contribution is -2.26. The highest BCUT2D eigenvalue weighted by Crippen LogP contribution is 2.21. The van der Waals surface area contributed by atoms with Gasteiger partial charge in [-0.2, -0.15) is 0 Å². The van der Waals surface area contributed by atoms with Gasteiger partial charge in [-0.25, -0.2) is 0 Å². The minimum Gasteiger partial charge on any atom is -0.496 e. The third-order valence-corrected chi connectivity index (χ3v) is 4.23. The highest BCUT2D eigenvalue weighted by molar-refractivity contribution is 5.63. The lowest BCUT2D eigenvalue weighted by atomic mass is 9.99. The zero-order chi connectivity index (χ0) is 17.9. The van der Waals surface area contributed by atoms with Crippen LogP contribution in [0.5, 0.6) is 0 Å². The maximum Gasteiger partial charge on any atom is 0.126 e. The van der Waals surface area contributed by atoms with Crippen molar-refractivity contribution in [1.29, 1.82) is 0 Å². The zero-order valence-electron chi connectivity index (χ0n) is 16.3. The molecule has 134 valence electrons. The fourth-order valence-corrected chi connectivity index (χ4v) is 3.04. The second-order valence-corrected chi connectivity index (χ2v) is 6.65. The first kappa shape index (κ1) is 20.5. The Morgan fingerprint density at radius 2 is 1.83 bits per heavy atom. The van der Waals surface area contributed by atoms with Crippen LogP contribution in [0.1, 0.15) is 56.7 Å². The highest BCUT2D eigenvalue weighted by atomic mass is 16.5. The Kier molecular flexibility index (Phi) is 9.48. The fraction of sp³-hybridized carbons (Fsp3) is 0.545. The molecule has 24 heavy (non-hydrogen) atoms. The molecule has 0 spiro atoms. The Hall–Kier alpha value is -1.54. The molecule has 0 aliphatic heterocycles. The molecule has 0 aromatic heterocycles. The van der Waals surface area contributed by atoms with Gasteiger partial charge in [0, 0.05) is 5.56 Å². The highest BCUT2D eigenvalue weighted by Gasteiger charge is 2.07. The van der Waals surface area contributed by atoms with Crippen LogP contribution >= 0.6 is 0 Å². The molecule has 0 radical (unpaired) electrons. The van der Waals surface area contributed by atoms with E-state index in [0.29, 0.717) is 0 Å². The van der Waals surface area contributed by atoms with E-state index in [1.165, 1.54) is 50.0 Å². The van der Waals surface area contributed by atoms with Crippen molar-refractivity contribution in [2.24, 2.45) is 0 Å². The van der Waals surface area contributed by atoms with Crippen LogP contribution in [0.15, 0.2) is 36.4 Å². The monoisotopic (exact) mass is 329 g/mol. The molecule has 0 heterocycles. The summed E-state index contributed by atoms with van der Waals surface area (Å²) in [6.07, 6.45) is 6.79. The lowest BCUT2D eigenvalue weighted by molar-refractivity contribution is 0.271. The largest absolute Gasteiger partial charge is 0.496 e. The summed E-state index contributed by atoms with van der Waals surface area (Å²) in [5.74, 6) is 0.891. The van der Waals surface area contributed by atoms with Gasteiger partial charge in [-0.05, 0) is 82.4 Å². The van der Waals surface area contributed by atoms with Gasteiger partial charge in [0.15, 0.2) is 0 Å². The average Bonchev–Trinajstić information content (AvgIpc) is 2.54. The number of hydrogen-bond donors (Lipinski definition) is 0. The molecule has 0 unspecified atom stereocenters. The summed E-state index contributed by atoms with van der Waals surface area (Å²) in [7, 11) is 1.72. The molecule has 0 saturated carbocycles. The number of nitrogens with zero attached hydrogens (tertiary/aromatic N) is 1. The first-order valence-corrected chi connectivity index (χ1v) is 9.25. The molecule has 1 aromatic rings. The summed E-state index contributed by atoms with van der Waals surface area (Å²) < 4.78 is 5.54. The van der Waals surface area contributed by atoms with Crippen molar-refractivity contribution in [2.75, 3.05) is 26.7 Å². The Morgan fingerprint density at radius 3 is 2.38 bits per heavy atom. The number of benzene rings is 1. The zero-order valence-corrected chi connectivity index (χ0v) is 16.3. The van der Waals surface area contributed by atoms with E-state index in [-0.39, 0.29) is 0 Å². The topological polar surface area (TPSA) is 12.5 Å². The van der Waals surface area contributed by atoms with Crippen LogP contribution in [0, 0.1) is 6.92 Å². The summed E-state index contributed by atoms with van der Waals surface area (Å²) in [6, 6.07) is 6.61. The Balaban J connectivity index is 2.78. The van der Waals surface area contributed by atoms with E-state index >= 15 is 0 Å². The third kappa shape index (κ3) is 6.92. The normalized spacial score (nSPS) is 11.8. The van der Waals surface area contributed by atoms with Gasteiger partial charge in [-0.3, -0.25) is 0 Å².